The second kappa shape index (κ2) is 6.88. The molecule has 0 spiro atoms. The topological polar surface area (TPSA) is 78.9 Å². The van der Waals surface area contributed by atoms with E-state index in [1.54, 1.807) is 4.90 Å². The van der Waals surface area contributed by atoms with Crippen LogP contribution >= 0.6 is 0 Å². The number of nitrogens with one attached hydrogen (secondary N) is 1. The molecule has 9 heteroatoms. The fourth-order valence-corrected chi connectivity index (χ4v) is 0.887. The van der Waals surface area contributed by atoms with Gasteiger partial charge in [-0.3, -0.25) is 4.79 Å². The number of carboxylic acid groups (broad SMARTS) is 1. The lowest BCUT2D eigenvalue weighted by atomic mass is 10.4. The fourth-order valence-electron chi connectivity index (χ4n) is 0.887. The van der Waals surface area contributed by atoms with Crippen molar-refractivity contribution in [3.63, 3.8) is 0 Å². The lowest BCUT2D eigenvalue weighted by Crippen LogP contribution is -2.42. The van der Waals surface area contributed by atoms with Crippen LogP contribution in [0.5, 0.6) is 0 Å². The molecule has 1 aliphatic heterocycles. The van der Waals surface area contributed by atoms with Gasteiger partial charge in [-0.2, -0.15) is 0 Å². The van der Waals surface area contributed by atoms with E-state index in [-0.39, 0.29) is 0 Å². The molecule has 1 amide bonds. The summed E-state index contributed by atoms with van der Waals surface area (Å²) in [6.07, 6.45) is -6.52. The van der Waals surface area contributed by atoms with Gasteiger partial charge in [0, 0.05) is 26.2 Å². The number of carbonyl (C=O) groups is 2. The van der Waals surface area contributed by atoms with Crippen molar-refractivity contribution in [2.45, 2.75) is 6.36 Å². The number of hydrogen-bond donors (Lipinski definition) is 2. The molecule has 94 valence electrons. The summed E-state index contributed by atoms with van der Waals surface area (Å²) in [6.45, 7) is 3.62. The maximum Gasteiger partial charge on any atom is 0.577 e. The second-order valence-electron chi connectivity index (χ2n) is 2.71. The van der Waals surface area contributed by atoms with Crippen LogP contribution in [0.1, 0.15) is 0 Å². The van der Waals surface area contributed by atoms with Crippen LogP contribution in [-0.2, 0) is 9.53 Å². The Morgan fingerprint density at radius 1 is 1.38 bits per heavy atom. The van der Waals surface area contributed by atoms with Gasteiger partial charge in [0.25, 0.3) is 0 Å². The van der Waals surface area contributed by atoms with Crippen molar-refractivity contribution in [3.05, 3.63) is 0 Å². The third kappa shape index (κ3) is 9.06. The normalized spacial score (nSPS) is 15.8. The zero-order chi connectivity index (χ0) is 12.6. The molecule has 0 saturated carbocycles. The van der Waals surface area contributed by atoms with Crippen molar-refractivity contribution in [2.75, 3.05) is 26.2 Å². The number of piperazine rings is 1. The minimum absolute atomic E-state index is 0.865. The maximum absolute atomic E-state index is 10.7. The van der Waals surface area contributed by atoms with E-state index in [0.29, 0.717) is 0 Å². The summed E-state index contributed by atoms with van der Waals surface area (Å²) in [6, 6.07) is 0. The van der Waals surface area contributed by atoms with Crippen LogP contribution in [0.2, 0.25) is 0 Å². The highest BCUT2D eigenvalue weighted by Gasteiger charge is 2.33. The number of halogens is 3. The first kappa shape index (κ1) is 14.5. The molecule has 0 aromatic carbocycles. The van der Waals surface area contributed by atoms with Crippen LogP contribution in [0.15, 0.2) is 0 Å². The summed E-state index contributed by atoms with van der Waals surface area (Å²) in [4.78, 5) is 20.9. The monoisotopic (exact) mass is 244 g/mol. The molecular formula is C7H11F3N2O4. The molecule has 0 aliphatic carbocycles. The third-order valence-electron chi connectivity index (χ3n) is 1.50. The van der Waals surface area contributed by atoms with Gasteiger partial charge in [-0.25, -0.2) is 4.79 Å². The lowest BCUT2D eigenvalue weighted by molar-refractivity contribution is -0.297. The van der Waals surface area contributed by atoms with Crippen molar-refractivity contribution in [2.24, 2.45) is 0 Å². The van der Waals surface area contributed by atoms with E-state index < -0.39 is 12.5 Å². The van der Waals surface area contributed by atoms with Crippen molar-refractivity contribution in [3.8, 4) is 0 Å². The Labute approximate surface area is 89.0 Å². The summed E-state index contributed by atoms with van der Waals surface area (Å²) in [7, 11) is 0. The van der Waals surface area contributed by atoms with Crippen LogP contribution in [0.4, 0.5) is 18.0 Å². The van der Waals surface area contributed by atoms with Crippen LogP contribution in [0, 0.1) is 0 Å². The highest BCUT2D eigenvalue weighted by Crippen LogP contribution is 2.15. The van der Waals surface area contributed by atoms with Crippen molar-refractivity contribution >= 4 is 12.6 Å². The molecule has 0 aromatic rings. The summed E-state index contributed by atoms with van der Waals surface area (Å²) in [5.41, 5.74) is 0. The average Bonchev–Trinajstić information content (AvgIpc) is 2.16. The standard InChI is InChI=1S/C5H10N2O.C2HF3O3/c8-5-7-3-1-6-2-4-7;3-2(4,5)8-1(6)7/h5-6H,1-4H2;(H,6,7). The van der Waals surface area contributed by atoms with Gasteiger partial charge in [0.2, 0.25) is 6.41 Å². The number of hydrogen-bond acceptors (Lipinski definition) is 4. The van der Waals surface area contributed by atoms with E-state index in [1.165, 1.54) is 0 Å². The smallest absolute Gasteiger partial charge is 0.450 e. The maximum atomic E-state index is 10.7. The number of amides is 1. The van der Waals surface area contributed by atoms with Gasteiger partial charge in [-0.05, 0) is 0 Å². The molecule has 0 bridgehead atoms. The first-order valence-electron chi connectivity index (χ1n) is 4.24. The fraction of sp³-hybridized carbons (Fsp3) is 0.714. The van der Waals surface area contributed by atoms with Crippen molar-refractivity contribution in [1.29, 1.82) is 0 Å². The van der Waals surface area contributed by atoms with Gasteiger partial charge in [0.1, 0.15) is 0 Å². The Bertz CT molecular complexity index is 228. The second-order valence-corrected chi connectivity index (χ2v) is 2.71. The van der Waals surface area contributed by atoms with Crippen LogP contribution < -0.4 is 5.32 Å². The minimum atomic E-state index is -5.08. The highest BCUT2D eigenvalue weighted by molar-refractivity contribution is 5.56. The zero-order valence-corrected chi connectivity index (χ0v) is 8.16. The van der Waals surface area contributed by atoms with E-state index in [0.717, 1.165) is 32.6 Å². The number of alkyl halides is 3. The first-order valence-corrected chi connectivity index (χ1v) is 4.24. The van der Waals surface area contributed by atoms with Crippen molar-refractivity contribution in [1.82, 2.24) is 10.2 Å². The molecule has 0 aromatic heterocycles. The quantitative estimate of drug-likeness (QED) is 0.510. The molecule has 0 unspecified atom stereocenters. The molecule has 6 nitrogen and oxygen atoms in total. The molecule has 16 heavy (non-hydrogen) atoms. The molecule has 2 N–H and O–H groups in total. The van der Waals surface area contributed by atoms with Crippen LogP contribution in [-0.4, -0.2) is 55.1 Å². The molecule has 1 saturated heterocycles. The highest BCUT2D eigenvalue weighted by atomic mass is 19.4. The first-order chi connectivity index (χ1) is 7.35. The van der Waals surface area contributed by atoms with E-state index in [4.69, 9.17) is 9.90 Å². The number of carbonyl (C=O) groups excluding carboxylic acids is 1. The van der Waals surface area contributed by atoms with E-state index in [9.17, 15) is 18.0 Å². The lowest BCUT2D eigenvalue weighted by Gasteiger charge is -2.22. The van der Waals surface area contributed by atoms with Gasteiger partial charge in [0.15, 0.2) is 0 Å². The van der Waals surface area contributed by atoms with E-state index >= 15 is 0 Å². The third-order valence-corrected chi connectivity index (χ3v) is 1.50. The van der Waals surface area contributed by atoms with Gasteiger partial charge < -0.3 is 20.1 Å². The van der Waals surface area contributed by atoms with Gasteiger partial charge >= 0.3 is 12.5 Å². The Morgan fingerprint density at radius 3 is 2.06 bits per heavy atom. The van der Waals surface area contributed by atoms with Gasteiger partial charge in [-0.15, -0.1) is 13.2 Å². The average molecular weight is 244 g/mol. The zero-order valence-electron chi connectivity index (χ0n) is 8.16. The minimum Gasteiger partial charge on any atom is -0.450 e. The molecule has 0 atom stereocenters. The van der Waals surface area contributed by atoms with E-state index in [2.05, 4.69) is 10.1 Å². The Kier molecular flexibility index (Phi) is 6.23. The number of ether oxygens (including phenoxy) is 1. The van der Waals surface area contributed by atoms with Crippen molar-refractivity contribution < 1.29 is 32.6 Å². The Balaban J connectivity index is 0.000000281. The predicted molar refractivity (Wildman–Crippen MR) is 45.7 cm³/mol. The van der Waals surface area contributed by atoms with Crippen LogP contribution in [0.25, 0.3) is 0 Å². The molecule has 1 fully saturated rings. The summed E-state index contributed by atoms with van der Waals surface area (Å²) in [5.74, 6) is 0. The van der Waals surface area contributed by atoms with Gasteiger partial charge in [0.05, 0.1) is 0 Å². The molecule has 0 radical (unpaired) electrons. The number of rotatable bonds is 1. The molecule has 1 rings (SSSR count). The molecule has 1 aliphatic rings. The summed E-state index contributed by atoms with van der Waals surface area (Å²) in [5, 5.41) is 10.5. The SMILES string of the molecule is O=C(O)OC(F)(F)F.O=CN1CCNCC1. The van der Waals surface area contributed by atoms with E-state index in [1.807, 2.05) is 0 Å². The van der Waals surface area contributed by atoms with Gasteiger partial charge in [-0.1, -0.05) is 0 Å². The molecular weight excluding hydrogens is 233 g/mol. The Morgan fingerprint density at radius 2 is 1.88 bits per heavy atom. The Hall–Kier alpha value is -1.51. The summed E-state index contributed by atoms with van der Waals surface area (Å²) < 4.78 is 34.5. The largest absolute Gasteiger partial charge is 0.577 e. The molecule has 1 heterocycles. The predicted octanol–water partition coefficient (Wildman–Crippen LogP) is 0.249. The summed E-state index contributed by atoms with van der Waals surface area (Å²) >= 11 is 0. The van der Waals surface area contributed by atoms with Crippen LogP contribution in [0.3, 0.4) is 0 Å². The number of nitrogens with zero attached hydrogens (tertiary/aromatic N) is 1.